The number of rotatable bonds is 3. The fourth-order valence-corrected chi connectivity index (χ4v) is 2.09. The van der Waals surface area contributed by atoms with Gasteiger partial charge in [0, 0.05) is 23.2 Å². The molecule has 0 N–H and O–H groups in total. The van der Waals surface area contributed by atoms with E-state index in [1.807, 2.05) is 43.3 Å². The Hall–Kier alpha value is -2.68. The average molecular weight is 263 g/mol. The van der Waals surface area contributed by atoms with Crippen LogP contribution in [0.3, 0.4) is 0 Å². The van der Waals surface area contributed by atoms with Crippen molar-refractivity contribution in [1.82, 2.24) is 4.98 Å². The molecule has 0 aliphatic heterocycles. The molecule has 0 aliphatic carbocycles. The predicted octanol–water partition coefficient (Wildman–Crippen LogP) is 4.15. The summed E-state index contributed by atoms with van der Waals surface area (Å²) in [5.41, 5.74) is 2.47. The first-order valence-corrected chi connectivity index (χ1v) is 6.35. The van der Waals surface area contributed by atoms with Gasteiger partial charge in [0.25, 0.3) is 0 Å². The van der Waals surface area contributed by atoms with E-state index < -0.39 is 0 Å². The van der Waals surface area contributed by atoms with Crippen molar-refractivity contribution < 1.29 is 9.53 Å². The lowest BCUT2D eigenvalue weighted by atomic mass is 10.1. The summed E-state index contributed by atoms with van der Waals surface area (Å²) in [5, 5.41) is 1.08. The van der Waals surface area contributed by atoms with Gasteiger partial charge in [0.2, 0.25) is 0 Å². The summed E-state index contributed by atoms with van der Waals surface area (Å²) in [7, 11) is 0. The molecule has 1 heterocycles. The lowest BCUT2D eigenvalue weighted by molar-refractivity contribution is 0.112. The minimum absolute atomic E-state index is 0.678. The van der Waals surface area contributed by atoms with E-state index >= 15 is 0 Å². The van der Waals surface area contributed by atoms with Gasteiger partial charge in [-0.1, -0.05) is 6.07 Å². The van der Waals surface area contributed by atoms with Crippen LogP contribution in [-0.2, 0) is 0 Å². The van der Waals surface area contributed by atoms with Crippen molar-refractivity contribution in [3.8, 4) is 11.5 Å². The van der Waals surface area contributed by atoms with Gasteiger partial charge in [0.1, 0.15) is 17.8 Å². The summed E-state index contributed by atoms with van der Waals surface area (Å²) in [6.07, 6.45) is 2.61. The normalized spacial score (nSPS) is 10.4. The molecule has 0 saturated carbocycles. The topological polar surface area (TPSA) is 39.2 Å². The van der Waals surface area contributed by atoms with Gasteiger partial charge < -0.3 is 4.74 Å². The van der Waals surface area contributed by atoms with Crippen molar-refractivity contribution in [3.05, 3.63) is 65.9 Å². The molecule has 0 radical (unpaired) electrons. The zero-order valence-corrected chi connectivity index (χ0v) is 11.0. The molecular weight excluding hydrogens is 250 g/mol. The molecule has 2 aromatic carbocycles. The van der Waals surface area contributed by atoms with Gasteiger partial charge in [-0.15, -0.1) is 0 Å². The molecule has 0 fully saturated rings. The van der Waals surface area contributed by atoms with Gasteiger partial charge in [-0.2, -0.15) is 0 Å². The quantitative estimate of drug-likeness (QED) is 0.666. The summed E-state index contributed by atoms with van der Waals surface area (Å²) in [6.45, 7) is 1.89. The molecule has 3 nitrogen and oxygen atoms in total. The van der Waals surface area contributed by atoms with E-state index in [0.717, 1.165) is 28.5 Å². The number of fused-ring (bicyclic) bond motifs is 1. The maximum Gasteiger partial charge on any atom is 0.150 e. The molecule has 0 unspecified atom stereocenters. The van der Waals surface area contributed by atoms with Gasteiger partial charge in [0.05, 0.1) is 5.52 Å². The zero-order chi connectivity index (χ0) is 13.9. The van der Waals surface area contributed by atoms with Gasteiger partial charge in [-0.3, -0.25) is 9.78 Å². The molecule has 0 amide bonds. The highest BCUT2D eigenvalue weighted by atomic mass is 16.5. The summed E-state index contributed by atoms with van der Waals surface area (Å²) in [4.78, 5) is 15.1. The predicted molar refractivity (Wildman–Crippen MR) is 78.4 cm³/mol. The standard InChI is InChI=1S/C17H13NO2/c1-12-9-15(7-5-14(12)11-19)20-16-6-4-13-3-2-8-18-17(13)10-16/h2-11H,1H3. The fourth-order valence-electron chi connectivity index (χ4n) is 2.09. The molecule has 98 valence electrons. The molecule has 0 saturated heterocycles. The number of benzene rings is 2. The summed E-state index contributed by atoms with van der Waals surface area (Å²) in [5.74, 6) is 1.44. The van der Waals surface area contributed by atoms with E-state index in [-0.39, 0.29) is 0 Å². The van der Waals surface area contributed by atoms with Gasteiger partial charge in [0.15, 0.2) is 0 Å². The first-order valence-electron chi connectivity index (χ1n) is 6.35. The van der Waals surface area contributed by atoms with Crippen LogP contribution in [0.15, 0.2) is 54.7 Å². The van der Waals surface area contributed by atoms with Gasteiger partial charge >= 0.3 is 0 Å². The van der Waals surface area contributed by atoms with Crippen LogP contribution in [-0.4, -0.2) is 11.3 Å². The van der Waals surface area contributed by atoms with Crippen molar-refractivity contribution in [2.75, 3.05) is 0 Å². The number of pyridine rings is 1. The van der Waals surface area contributed by atoms with Crippen LogP contribution in [0.4, 0.5) is 0 Å². The van der Waals surface area contributed by atoms with Crippen LogP contribution < -0.4 is 4.74 Å². The van der Waals surface area contributed by atoms with E-state index in [1.165, 1.54) is 0 Å². The zero-order valence-electron chi connectivity index (χ0n) is 11.0. The maximum atomic E-state index is 10.8. The SMILES string of the molecule is Cc1cc(Oc2ccc3cccnc3c2)ccc1C=O. The second kappa shape index (κ2) is 5.13. The van der Waals surface area contributed by atoms with E-state index in [2.05, 4.69) is 4.98 Å². The molecular formula is C17H13NO2. The minimum atomic E-state index is 0.678. The third kappa shape index (κ3) is 2.38. The third-order valence-electron chi connectivity index (χ3n) is 3.18. The number of aromatic nitrogens is 1. The van der Waals surface area contributed by atoms with Crippen molar-refractivity contribution in [3.63, 3.8) is 0 Å². The van der Waals surface area contributed by atoms with Crippen LogP contribution in [0.2, 0.25) is 0 Å². The van der Waals surface area contributed by atoms with E-state index in [1.54, 1.807) is 18.3 Å². The minimum Gasteiger partial charge on any atom is -0.457 e. The van der Waals surface area contributed by atoms with Crippen LogP contribution in [0.1, 0.15) is 15.9 Å². The number of carbonyl (C=O) groups is 1. The Labute approximate surface area is 116 Å². The number of hydrogen-bond donors (Lipinski definition) is 0. The molecule has 0 aliphatic rings. The smallest absolute Gasteiger partial charge is 0.150 e. The molecule has 1 aromatic heterocycles. The second-order valence-electron chi connectivity index (χ2n) is 4.60. The Morgan fingerprint density at radius 3 is 2.65 bits per heavy atom. The Kier molecular flexibility index (Phi) is 3.17. The molecule has 0 bridgehead atoms. The molecule has 3 aromatic rings. The number of ether oxygens (including phenoxy) is 1. The second-order valence-corrected chi connectivity index (χ2v) is 4.60. The van der Waals surface area contributed by atoms with Crippen LogP contribution in [0.5, 0.6) is 11.5 Å². The Morgan fingerprint density at radius 2 is 1.85 bits per heavy atom. The highest BCUT2D eigenvalue weighted by Crippen LogP contribution is 2.26. The number of carbonyl (C=O) groups excluding carboxylic acids is 1. The maximum absolute atomic E-state index is 10.8. The van der Waals surface area contributed by atoms with Crippen molar-refractivity contribution in [1.29, 1.82) is 0 Å². The number of aryl methyl sites for hydroxylation is 1. The number of hydrogen-bond acceptors (Lipinski definition) is 3. The molecule has 20 heavy (non-hydrogen) atoms. The monoisotopic (exact) mass is 263 g/mol. The van der Waals surface area contributed by atoms with Crippen LogP contribution >= 0.6 is 0 Å². The largest absolute Gasteiger partial charge is 0.457 e. The molecule has 3 rings (SSSR count). The van der Waals surface area contributed by atoms with Gasteiger partial charge in [-0.05, 0) is 48.9 Å². The summed E-state index contributed by atoms with van der Waals surface area (Å²) < 4.78 is 5.81. The molecule has 3 heteroatoms. The Bertz CT molecular complexity index is 781. The van der Waals surface area contributed by atoms with E-state index in [0.29, 0.717) is 11.3 Å². The lowest BCUT2D eigenvalue weighted by Gasteiger charge is -2.08. The third-order valence-corrected chi connectivity index (χ3v) is 3.18. The van der Waals surface area contributed by atoms with E-state index in [9.17, 15) is 4.79 Å². The van der Waals surface area contributed by atoms with E-state index in [4.69, 9.17) is 4.74 Å². The Balaban J connectivity index is 1.92. The first kappa shape index (κ1) is 12.4. The van der Waals surface area contributed by atoms with Crippen molar-refractivity contribution >= 4 is 17.2 Å². The van der Waals surface area contributed by atoms with Crippen LogP contribution in [0.25, 0.3) is 10.9 Å². The van der Waals surface area contributed by atoms with Crippen molar-refractivity contribution in [2.24, 2.45) is 0 Å². The summed E-state index contributed by atoms with van der Waals surface area (Å²) in [6, 6.07) is 15.1. The molecule has 0 atom stereocenters. The van der Waals surface area contributed by atoms with Crippen LogP contribution in [0, 0.1) is 6.92 Å². The Morgan fingerprint density at radius 1 is 1.05 bits per heavy atom. The molecule has 0 spiro atoms. The number of aldehydes is 1. The van der Waals surface area contributed by atoms with Crippen molar-refractivity contribution in [2.45, 2.75) is 6.92 Å². The summed E-state index contributed by atoms with van der Waals surface area (Å²) >= 11 is 0. The highest BCUT2D eigenvalue weighted by Gasteiger charge is 2.03. The number of nitrogens with zero attached hydrogens (tertiary/aromatic N) is 1. The lowest BCUT2D eigenvalue weighted by Crippen LogP contribution is -1.89. The highest BCUT2D eigenvalue weighted by molar-refractivity contribution is 5.80. The fraction of sp³-hybridized carbons (Fsp3) is 0.0588. The first-order chi connectivity index (χ1) is 9.76. The van der Waals surface area contributed by atoms with Gasteiger partial charge in [-0.25, -0.2) is 0 Å². The average Bonchev–Trinajstić information content (AvgIpc) is 2.47.